The third-order valence-corrected chi connectivity index (χ3v) is 3.22. The van der Waals surface area contributed by atoms with E-state index in [2.05, 4.69) is 0 Å². The third-order valence-electron chi connectivity index (χ3n) is 3.22. The van der Waals surface area contributed by atoms with Gasteiger partial charge in [0, 0.05) is 32.8 Å². The van der Waals surface area contributed by atoms with E-state index in [4.69, 9.17) is 28.1 Å². The molecule has 0 fully saturated rings. The molecule has 0 aliphatic rings. The molecule has 0 N–H and O–H groups in total. The summed E-state index contributed by atoms with van der Waals surface area (Å²) in [5.74, 6) is 0.813. The van der Waals surface area contributed by atoms with Gasteiger partial charge in [0.05, 0.1) is 0 Å². The van der Waals surface area contributed by atoms with Crippen LogP contribution in [0.4, 0.5) is 0 Å². The first-order valence-corrected chi connectivity index (χ1v) is 7.80. The molecule has 2 aromatic rings. The zero-order chi connectivity index (χ0) is 18.9. The lowest BCUT2D eigenvalue weighted by atomic mass is 10.1. The smallest absolute Gasteiger partial charge is 0.310 e. The topological polar surface area (TPSA) is 93.4 Å². The number of carbonyl (C=O) groups excluding carboxylic acids is 2. The molecule has 8 nitrogen and oxygen atoms in total. The summed E-state index contributed by atoms with van der Waals surface area (Å²) in [6.07, 6.45) is 0.752. The van der Waals surface area contributed by atoms with Crippen LogP contribution in [0.25, 0.3) is 11.3 Å². The number of benzene rings is 1. The number of aldehydes is 1. The SMILES string of the molecule is CCC(=O)Oc1cc(OCOC)cc(OCOC)c1-c1ccc(C=O)o1. The summed E-state index contributed by atoms with van der Waals surface area (Å²) in [4.78, 5) is 22.8. The van der Waals surface area contributed by atoms with Gasteiger partial charge in [0.2, 0.25) is 0 Å². The highest BCUT2D eigenvalue weighted by Gasteiger charge is 2.21. The molecule has 8 heteroatoms. The number of esters is 1. The van der Waals surface area contributed by atoms with Crippen molar-refractivity contribution in [2.45, 2.75) is 13.3 Å². The first-order valence-electron chi connectivity index (χ1n) is 7.80. The van der Waals surface area contributed by atoms with Gasteiger partial charge in [-0.05, 0) is 12.1 Å². The second-order valence-electron chi connectivity index (χ2n) is 5.04. The molecule has 0 unspecified atom stereocenters. The highest BCUT2D eigenvalue weighted by Crippen LogP contribution is 2.43. The van der Waals surface area contributed by atoms with Crippen LogP contribution in [0.5, 0.6) is 17.2 Å². The number of furan rings is 1. The Hall–Kier alpha value is -2.84. The van der Waals surface area contributed by atoms with Gasteiger partial charge in [0.25, 0.3) is 0 Å². The molecule has 1 aromatic carbocycles. The van der Waals surface area contributed by atoms with Crippen molar-refractivity contribution in [1.82, 2.24) is 0 Å². The molecule has 140 valence electrons. The van der Waals surface area contributed by atoms with E-state index < -0.39 is 5.97 Å². The minimum atomic E-state index is -0.449. The van der Waals surface area contributed by atoms with Gasteiger partial charge >= 0.3 is 5.97 Å². The Bertz CT molecular complexity index is 750. The molecule has 1 heterocycles. The first-order chi connectivity index (χ1) is 12.6. The monoisotopic (exact) mass is 364 g/mol. The van der Waals surface area contributed by atoms with Gasteiger partial charge < -0.3 is 28.1 Å². The molecule has 0 radical (unpaired) electrons. The molecule has 0 bridgehead atoms. The normalized spacial score (nSPS) is 10.4. The quantitative estimate of drug-likeness (QED) is 0.275. The standard InChI is InChI=1S/C18H20O8/c1-4-17(20)26-16-8-13(23-10-21-2)7-15(24-11-22-3)18(16)14-6-5-12(9-19)25-14/h5-9H,4,10-11H2,1-3H3. The Morgan fingerprint density at radius 3 is 2.38 bits per heavy atom. The van der Waals surface area contributed by atoms with E-state index in [0.717, 1.165) is 0 Å². The lowest BCUT2D eigenvalue weighted by molar-refractivity contribution is -0.133. The largest absolute Gasteiger partial charge is 0.467 e. The third kappa shape index (κ3) is 4.84. The molecule has 0 spiro atoms. The Kier molecular flexibility index (Phi) is 7.19. The summed E-state index contributed by atoms with van der Waals surface area (Å²) in [5, 5.41) is 0. The Morgan fingerprint density at radius 2 is 1.77 bits per heavy atom. The summed E-state index contributed by atoms with van der Waals surface area (Å²) >= 11 is 0. The van der Waals surface area contributed by atoms with Crippen molar-refractivity contribution >= 4 is 12.3 Å². The maximum absolute atomic E-state index is 11.8. The number of hydrogen-bond acceptors (Lipinski definition) is 8. The van der Waals surface area contributed by atoms with Crippen LogP contribution in [-0.4, -0.2) is 40.1 Å². The zero-order valence-electron chi connectivity index (χ0n) is 14.8. The molecule has 0 atom stereocenters. The Labute approximate surface area is 150 Å². The van der Waals surface area contributed by atoms with Crippen LogP contribution in [0.2, 0.25) is 0 Å². The van der Waals surface area contributed by atoms with E-state index in [1.165, 1.54) is 26.4 Å². The minimum absolute atomic E-state index is 0.000268. The highest BCUT2D eigenvalue weighted by atomic mass is 16.7. The predicted octanol–water partition coefficient (Wildman–Crippen LogP) is 3.04. The maximum Gasteiger partial charge on any atom is 0.310 e. The summed E-state index contributed by atoms with van der Waals surface area (Å²) in [6.45, 7) is 1.62. The minimum Gasteiger partial charge on any atom is -0.467 e. The van der Waals surface area contributed by atoms with E-state index in [1.54, 1.807) is 19.1 Å². The van der Waals surface area contributed by atoms with Crippen LogP contribution in [0, 0.1) is 0 Å². The van der Waals surface area contributed by atoms with Gasteiger partial charge in [0.15, 0.2) is 25.6 Å². The molecule has 0 aliphatic carbocycles. The Morgan fingerprint density at radius 1 is 1.08 bits per heavy atom. The van der Waals surface area contributed by atoms with Crippen LogP contribution in [-0.2, 0) is 14.3 Å². The molecule has 1 aromatic heterocycles. The molecule has 26 heavy (non-hydrogen) atoms. The number of carbonyl (C=O) groups is 2. The van der Waals surface area contributed by atoms with Crippen LogP contribution >= 0.6 is 0 Å². The van der Waals surface area contributed by atoms with Crippen molar-refractivity contribution in [1.29, 1.82) is 0 Å². The second kappa shape index (κ2) is 9.59. The van der Waals surface area contributed by atoms with E-state index in [9.17, 15) is 9.59 Å². The number of ether oxygens (including phenoxy) is 5. The molecule has 0 saturated carbocycles. The fraction of sp³-hybridized carbons (Fsp3) is 0.333. The summed E-state index contributed by atoms with van der Waals surface area (Å²) in [7, 11) is 2.96. The first kappa shape index (κ1) is 19.5. The van der Waals surface area contributed by atoms with Gasteiger partial charge in [-0.2, -0.15) is 0 Å². The fourth-order valence-electron chi connectivity index (χ4n) is 2.08. The van der Waals surface area contributed by atoms with Crippen molar-refractivity contribution in [2.24, 2.45) is 0 Å². The van der Waals surface area contributed by atoms with Crippen molar-refractivity contribution in [3.8, 4) is 28.6 Å². The van der Waals surface area contributed by atoms with Crippen LogP contribution in [0.15, 0.2) is 28.7 Å². The van der Waals surface area contributed by atoms with Gasteiger partial charge in [-0.25, -0.2) is 0 Å². The van der Waals surface area contributed by atoms with Crippen molar-refractivity contribution in [3.05, 3.63) is 30.0 Å². The molecule has 0 aliphatic heterocycles. The molecule has 0 saturated heterocycles. The lowest BCUT2D eigenvalue weighted by Crippen LogP contribution is -2.09. The average Bonchev–Trinajstić information content (AvgIpc) is 3.13. The molecular formula is C18H20O8. The number of hydrogen-bond donors (Lipinski definition) is 0. The van der Waals surface area contributed by atoms with Gasteiger partial charge in [-0.3, -0.25) is 9.59 Å². The Balaban J connectivity index is 2.56. The summed E-state index contributed by atoms with van der Waals surface area (Å²) in [6, 6.07) is 6.19. The average molecular weight is 364 g/mol. The summed E-state index contributed by atoms with van der Waals surface area (Å²) in [5.41, 5.74) is 0.363. The van der Waals surface area contributed by atoms with Crippen LogP contribution in [0.3, 0.4) is 0 Å². The second-order valence-corrected chi connectivity index (χ2v) is 5.04. The van der Waals surface area contributed by atoms with Crippen molar-refractivity contribution in [3.63, 3.8) is 0 Å². The summed E-state index contributed by atoms with van der Waals surface area (Å²) < 4.78 is 31.7. The van der Waals surface area contributed by atoms with E-state index in [-0.39, 0.29) is 31.5 Å². The molecular weight excluding hydrogens is 344 g/mol. The van der Waals surface area contributed by atoms with Crippen LogP contribution in [0.1, 0.15) is 23.9 Å². The van der Waals surface area contributed by atoms with E-state index in [1.807, 2.05) is 0 Å². The van der Waals surface area contributed by atoms with E-state index >= 15 is 0 Å². The van der Waals surface area contributed by atoms with Gasteiger partial charge in [0.1, 0.15) is 28.6 Å². The van der Waals surface area contributed by atoms with Crippen LogP contribution < -0.4 is 14.2 Å². The number of rotatable bonds is 10. The number of methoxy groups -OCH3 is 2. The fourth-order valence-corrected chi connectivity index (χ4v) is 2.08. The molecule has 0 amide bonds. The lowest BCUT2D eigenvalue weighted by Gasteiger charge is -2.16. The van der Waals surface area contributed by atoms with Gasteiger partial charge in [-0.1, -0.05) is 6.92 Å². The predicted molar refractivity (Wildman–Crippen MR) is 90.5 cm³/mol. The highest BCUT2D eigenvalue weighted by molar-refractivity contribution is 5.81. The van der Waals surface area contributed by atoms with Gasteiger partial charge in [-0.15, -0.1) is 0 Å². The maximum atomic E-state index is 11.8. The van der Waals surface area contributed by atoms with Crippen molar-refractivity contribution in [2.75, 3.05) is 27.8 Å². The van der Waals surface area contributed by atoms with E-state index in [0.29, 0.717) is 29.1 Å². The molecule has 2 rings (SSSR count). The van der Waals surface area contributed by atoms with Crippen molar-refractivity contribution < 1.29 is 37.7 Å². The zero-order valence-corrected chi connectivity index (χ0v) is 14.8.